The molecule has 0 saturated heterocycles. The number of para-hydroxylation sites is 2. The molecule has 2 heteroatoms. The van der Waals surface area contributed by atoms with Gasteiger partial charge in [0, 0.05) is 22.1 Å². The number of rotatable bonds is 6. The number of nitrogens with zero attached hydrogens (tertiary/aromatic N) is 1. The van der Waals surface area contributed by atoms with E-state index in [1.807, 2.05) is 47.4 Å². The lowest BCUT2D eigenvalue weighted by Crippen LogP contribution is -2.52. The van der Waals surface area contributed by atoms with Gasteiger partial charge < -0.3 is 4.90 Å². The van der Waals surface area contributed by atoms with Gasteiger partial charge in [-0.3, -0.25) is 0 Å². The molecule has 0 N–H and O–H groups in total. The second kappa shape index (κ2) is 10.9. The fourth-order valence-electron chi connectivity index (χ4n) is 7.31. The van der Waals surface area contributed by atoms with Crippen LogP contribution in [0.5, 0.6) is 0 Å². The molecule has 9 aromatic rings. The lowest BCUT2D eigenvalue weighted by Gasteiger charge is -2.29. The predicted molar refractivity (Wildman–Crippen MR) is 200 cm³/mol. The van der Waals surface area contributed by atoms with Gasteiger partial charge in [0.25, 0.3) is 0 Å². The second-order valence-electron chi connectivity index (χ2n) is 11.7. The van der Waals surface area contributed by atoms with Gasteiger partial charge in [0.1, 0.15) is 0 Å². The lowest BCUT2D eigenvalue weighted by atomic mass is 9.36. The Hall–Kier alpha value is -5.86. The van der Waals surface area contributed by atoms with Crippen molar-refractivity contribution in [3.8, 4) is 0 Å². The molecular formula is C44H30BN. The molecule has 0 spiro atoms. The number of hydrogen-bond donors (Lipinski definition) is 0. The normalized spacial score (nSPS) is 13.0. The first-order valence-corrected chi connectivity index (χ1v) is 15.6. The van der Waals surface area contributed by atoms with Crippen molar-refractivity contribution in [2.75, 3.05) is 4.90 Å². The highest BCUT2D eigenvalue weighted by molar-refractivity contribution is 6.97. The monoisotopic (exact) mass is 588 g/mol. The third-order valence-corrected chi connectivity index (χ3v) is 9.20. The van der Waals surface area contributed by atoms with E-state index in [4.69, 9.17) is 6.85 Å². The van der Waals surface area contributed by atoms with Gasteiger partial charge in [0.15, 0.2) is 0 Å². The summed E-state index contributed by atoms with van der Waals surface area (Å²) in [6, 6.07) is 50.7. The SMILES string of the molecule is [2H]c1c([2H])c([2H])c(N(c2ccccc2)c2ccc3ccc4c(B(c5ccccc5)c5ccccc5)ccc5c6ccccc6c2c3c45)c([2H])c1[2H]. The van der Waals surface area contributed by atoms with Gasteiger partial charge in [-0.2, -0.15) is 0 Å². The van der Waals surface area contributed by atoms with Crippen molar-refractivity contribution in [2.24, 2.45) is 0 Å². The largest absolute Gasteiger partial charge is 0.310 e. The van der Waals surface area contributed by atoms with Crippen molar-refractivity contribution in [1.29, 1.82) is 0 Å². The molecule has 0 aliphatic carbocycles. The minimum absolute atomic E-state index is 0.00500. The predicted octanol–water partition coefficient (Wildman–Crippen LogP) is 9.72. The summed E-state index contributed by atoms with van der Waals surface area (Å²) in [6.45, 7) is -0.00500. The fraction of sp³-hybridized carbons (Fsp3) is 0. The van der Waals surface area contributed by atoms with Crippen LogP contribution in [0.2, 0.25) is 0 Å². The third-order valence-electron chi connectivity index (χ3n) is 9.20. The van der Waals surface area contributed by atoms with E-state index in [0.29, 0.717) is 5.69 Å². The highest BCUT2D eigenvalue weighted by atomic mass is 15.1. The molecule has 0 aliphatic rings. The summed E-state index contributed by atoms with van der Waals surface area (Å²) in [7, 11) is 0. The van der Waals surface area contributed by atoms with E-state index < -0.39 is 6.04 Å². The first-order chi connectivity index (χ1) is 24.9. The molecule has 9 rings (SSSR count). The van der Waals surface area contributed by atoms with Crippen LogP contribution < -0.4 is 21.3 Å². The Morgan fingerprint density at radius 3 is 1.67 bits per heavy atom. The number of fused-ring (bicyclic) bond motifs is 3. The van der Waals surface area contributed by atoms with Crippen molar-refractivity contribution < 1.29 is 6.85 Å². The van der Waals surface area contributed by atoms with E-state index in [2.05, 4.69) is 109 Å². The van der Waals surface area contributed by atoms with Gasteiger partial charge in [-0.1, -0.05) is 168 Å². The summed E-state index contributed by atoms with van der Waals surface area (Å²) in [6.07, 6.45) is 0. The zero-order valence-electron chi connectivity index (χ0n) is 30.0. The standard InChI is InChI=1S/C44H30BN/c1-5-15-32(16-6-1)45(33-17-7-2-8-18-33)40-29-28-38-36-23-13-14-24-37(36)44-41(30-26-31-25-27-39(40)43(38)42(31)44)46(34-19-9-3-10-20-34)35-21-11-4-12-22-35/h1-30H/i3D,9D,10D,19D,20D. The molecule has 214 valence electrons. The molecule has 0 atom stereocenters. The smallest absolute Gasteiger partial charge is 0.241 e. The van der Waals surface area contributed by atoms with Crippen molar-refractivity contribution >= 4 is 83.3 Å². The third kappa shape index (κ3) is 4.18. The van der Waals surface area contributed by atoms with Crippen molar-refractivity contribution in [2.45, 2.75) is 0 Å². The summed E-state index contributed by atoms with van der Waals surface area (Å²) in [5.41, 5.74) is 5.17. The Kier molecular flexibility index (Phi) is 5.18. The molecule has 0 fully saturated rings. The van der Waals surface area contributed by atoms with Gasteiger partial charge >= 0.3 is 0 Å². The maximum Gasteiger partial charge on any atom is 0.241 e. The zero-order valence-corrected chi connectivity index (χ0v) is 25.0. The van der Waals surface area contributed by atoms with E-state index in [0.717, 1.165) is 48.8 Å². The van der Waals surface area contributed by atoms with Gasteiger partial charge in [-0.25, -0.2) is 0 Å². The minimum Gasteiger partial charge on any atom is -0.310 e. The molecule has 0 heterocycles. The van der Waals surface area contributed by atoms with Crippen LogP contribution in [-0.2, 0) is 0 Å². The number of hydrogen-bond acceptors (Lipinski definition) is 1. The second-order valence-corrected chi connectivity index (χ2v) is 11.7. The van der Waals surface area contributed by atoms with Crippen molar-refractivity contribution in [1.82, 2.24) is 0 Å². The van der Waals surface area contributed by atoms with E-state index in [9.17, 15) is 0 Å². The molecule has 0 unspecified atom stereocenters. The molecule has 0 bridgehead atoms. The Balaban J connectivity index is 1.44. The van der Waals surface area contributed by atoms with Crippen LogP contribution in [0.1, 0.15) is 6.85 Å². The fourth-order valence-corrected chi connectivity index (χ4v) is 7.31. The summed E-state index contributed by atoms with van der Waals surface area (Å²) in [5.74, 6) is 0. The zero-order chi connectivity index (χ0) is 34.8. The van der Waals surface area contributed by atoms with E-state index in [-0.39, 0.29) is 36.6 Å². The molecule has 1 nitrogen and oxygen atoms in total. The Bertz CT molecular complexity index is 2690. The molecule has 0 radical (unpaired) electrons. The van der Waals surface area contributed by atoms with E-state index in [1.54, 1.807) is 0 Å². The summed E-state index contributed by atoms with van der Waals surface area (Å²) >= 11 is 0. The molecule has 9 aromatic carbocycles. The Morgan fingerprint density at radius 1 is 0.413 bits per heavy atom. The average Bonchev–Trinajstić information content (AvgIpc) is 3.19. The Labute approximate surface area is 276 Å². The van der Waals surface area contributed by atoms with Crippen LogP contribution in [0.3, 0.4) is 0 Å². The minimum atomic E-state index is -0.415. The highest BCUT2D eigenvalue weighted by Gasteiger charge is 2.26. The van der Waals surface area contributed by atoms with Crippen LogP contribution in [-0.4, -0.2) is 6.71 Å². The summed E-state index contributed by atoms with van der Waals surface area (Å²) in [5, 5.41) is 8.67. The number of benzene rings is 9. The van der Waals surface area contributed by atoms with Gasteiger partial charge in [-0.15, -0.1) is 0 Å². The maximum atomic E-state index is 9.07. The molecule has 46 heavy (non-hydrogen) atoms. The van der Waals surface area contributed by atoms with E-state index >= 15 is 0 Å². The molecule has 0 aromatic heterocycles. The van der Waals surface area contributed by atoms with Gasteiger partial charge in [0.2, 0.25) is 6.71 Å². The molecular weight excluding hydrogens is 553 g/mol. The maximum absolute atomic E-state index is 9.07. The van der Waals surface area contributed by atoms with Gasteiger partial charge in [0.05, 0.1) is 12.5 Å². The van der Waals surface area contributed by atoms with Crippen LogP contribution in [0.25, 0.3) is 43.1 Å². The number of anilines is 3. The van der Waals surface area contributed by atoms with Crippen LogP contribution in [0.15, 0.2) is 182 Å². The van der Waals surface area contributed by atoms with Crippen LogP contribution in [0.4, 0.5) is 17.1 Å². The lowest BCUT2D eigenvalue weighted by molar-refractivity contribution is 1.30. The summed E-state index contributed by atoms with van der Waals surface area (Å²) in [4.78, 5) is 1.84. The summed E-state index contributed by atoms with van der Waals surface area (Å²) < 4.78 is 43.6. The molecule has 0 aliphatic heterocycles. The van der Waals surface area contributed by atoms with Crippen molar-refractivity contribution in [3.05, 3.63) is 182 Å². The van der Waals surface area contributed by atoms with Crippen molar-refractivity contribution in [3.63, 3.8) is 0 Å². The first kappa shape index (κ1) is 21.8. The quantitative estimate of drug-likeness (QED) is 0.106. The topological polar surface area (TPSA) is 3.24 Å². The van der Waals surface area contributed by atoms with Crippen LogP contribution in [0, 0.1) is 0 Å². The van der Waals surface area contributed by atoms with Gasteiger partial charge in [-0.05, 0) is 62.6 Å². The van der Waals surface area contributed by atoms with Crippen LogP contribution >= 0.6 is 0 Å². The van der Waals surface area contributed by atoms with E-state index in [1.165, 1.54) is 16.4 Å². The average molecular weight is 589 g/mol. The molecule has 0 amide bonds. The molecule has 0 saturated carbocycles. The first-order valence-electron chi connectivity index (χ1n) is 18.1. The highest BCUT2D eigenvalue weighted by Crippen LogP contribution is 2.47. The Morgan fingerprint density at radius 2 is 0.978 bits per heavy atom.